The van der Waals surface area contributed by atoms with Crippen molar-refractivity contribution in [3.8, 4) is 0 Å². The second-order valence-corrected chi connectivity index (χ2v) is 6.24. The molecule has 15 heavy (non-hydrogen) atoms. The summed E-state index contributed by atoms with van der Waals surface area (Å²) in [4.78, 5) is 0. The number of hydrogen-bond acceptors (Lipinski definition) is 3. The molecule has 3 nitrogen and oxygen atoms in total. The number of aliphatic hydroxyl groups excluding tert-OH is 1. The van der Waals surface area contributed by atoms with Crippen LogP contribution in [0.1, 0.15) is 41.0 Å². The number of rotatable bonds is 3. The van der Waals surface area contributed by atoms with E-state index in [9.17, 15) is 0 Å². The van der Waals surface area contributed by atoms with Crippen LogP contribution in [0.2, 0.25) is 0 Å². The largest absolute Gasteiger partial charge is 0.390 e. The normalized spacial score (nSPS) is 50.3. The van der Waals surface area contributed by atoms with Crippen molar-refractivity contribution >= 4 is 0 Å². The van der Waals surface area contributed by atoms with Gasteiger partial charge in [-0.3, -0.25) is 0 Å². The zero-order valence-electron chi connectivity index (χ0n) is 12.2. The first kappa shape index (κ1) is 8.97. The number of fused-ring (bicyclic) bond motifs is 2. The van der Waals surface area contributed by atoms with Gasteiger partial charge in [0.1, 0.15) is 5.60 Å². The molecule has 1 aliphatic heterocycles. The van der Waals surface area contributed by atoms with Gasteiger partial charge >= 0.3 is 0 Å². The molecule has 1 saturated carbocycles. The lowest BCUT2D eigenvalue weighted by Gasteiger charge is -2.50. The molecule has 2 unspecified atom stereocenters. The Labute approximate surface area is 94.4 Å². The van der Waals surface area contributed by atoms with Crippen LogP contribution in [-0.2, 0) is 4.74 Å². The monoisotopic (exact) mass is 218 g/mol. The fourth-order valence-electron chi connectivity index (χ4n) is 3.85. The lowest BCUT2D eigenvalue weighted by Crippen LogP contribution is -2.62. The van der Waals surface area contributed by atoms with E-state index in [0.29, 0.717) is 0 Å². The second kappa shape index (κ2) is 2.76. The van der Waals surface area contributed by atoms with Gasteiger partial charge in [0.05, 0.1) is 17.8 Å². The van der Waals surface area contributed by atoms with Gasteiger partial charge in [-0.05, 0) is 32.6 Å². The van der Waals surface area contributed by atoms with Crippen LogP contribution >= 0.6 is 0 Å². The molecule has 2 N–H and O–H groups in total. The molecule has 2 bridgehead atoms. The van der Waals surface area contributed by atoms with Crippen LogP contribution in [0.5, 0.6) is 0 Å². The Bertz CT molecular complexity index is 319. The van der Waals surface area contributed by atoms with Crippen molar-refractivity contribution in [3.63, 3.8) is 0 Å². The Kier molecular flexibility index (Phi) is 1.65. The summed E-state index contributed by atoms with van der Waals surface area (Å²) in [5.41, 5.74) is -1.70. The maximum Gasteiger partial charge on any atom is 0.211 e. The van der Waals surface area contributed by atoms with Gasteiger partial charge in [-0.2, -0.15) is 0 Å². The van der Waals surface area contributed by atoms with E-state index in [2.05, 4.69) is 13.8 Å². The predicted octanol–water partition coefficient (Wildman–Crippen LogP) is 1.32. The Hall–Kier alpha value is -0.120. The van der Waals surface area contributed by atoms with Crippen LogP contribution in [0.25, 0.3) is 0 Å². The highest BCUT2D eigenvalue weighted by Crippen LogP contribution is 2.62. The zero-order valence-corrected chi connectivity index (χ0v) is 10.2. The van der Waals surface area contributed by atoms with Gasteiger partial charge in [0.25, 0.3) is 0 Å². The topological polar surface area (TPSA) is 49.7 Å². The van der Waals surface area contributed by atoms with Crippen LogP contribution < -0.4 is 0 Å². The summed E-state index contributed by atoms with van der Waals surface area (Å²) >= 11 is 0. The average molecular weight is 218 g/mol. The molecule has 2 rings (SSSR count). The van der Waals surface area contributed by atoms with E-state index in [0.717, 1.165) is 6.42 Å². The number of hydrogen-bond donors (Lipinski definition) is 2. The third-order valence-electron chi connectivity index (χ3n) is 4.41. The van der Waals surface area contributed by atoms with Gasteiger partial charge < -0.3 is 15.0 Å². The maximum atomic E-state index is 7.35. The quantitative estimate of drug-likeness (QED) is 0.751. The van der Waals surface area contributed by atoms with Gasteiger partial charge in [0.15, 0.2) is 0 Å². The summed E-state index contributed by atoms with van der Waals surface area (Å²) in [6, 6.07) is 0. The Morgan fingerprint density at radius 2 is 2.13 bits per heavy atom. The van der Waals surface area contributed by atoms with Crippen molar-refractivity contribution in [2.75, 3.05) is 0 Å². The molecule has 0 aromatic rings. The van der Waals surface area contributed by atoms with E-state index >= 15 is 0 Å². The molecular formula is C12H22O3. The smallest absolute Gasteiger partial charge is 0.211 e. The minimum atomic E-state index is -0.804. The van der Waals surface area contributed by atoms with Crippen molar-refractivity contribution in [2.24, 2.45) is 11.3 Å². The summed E-state index contributed by atoms with van der Waals surface area (Å²) < 4.78 is 20.8. The Morgan fingerprint density at radius 3 is 2.67 bits per heavy atom. The number of aliphatic hydroxyl groups is 2. The molecule has 88 valence electrons. The van der Waals surface area contributed by atoms with Gasteiger partial charge in [-0.25, -0.2) is 0 Å². The lowest BCUT2D eigenvalue weighted by molar-refractivity contribution is -0.239. The first-order chi connectivity index (χ1) is 7.73. The van der Waals surface area contributed by atoms with Crippen LogP contribution in [0.3, 0.4) is 0 Å². The second-order valence-electron chi connectivity index (χ2n) is 6.24. The van der Waals surface area contributed by atoms with Crippen LogP contribution in [0.15, 0.2) is 0 Å². The third kappa shape index (κ3) is 1.12. The highest BCUT2D eigenvalue weighted by atomic mass is 16.6. The molecule has 2 fully saturated rings. The molecule has 0 radical (unpaired) electrons. The molecule has 2 aliphatic rings. The zero-order chi connectivity index (χ0) is 13.1. The van der Waals surface area contributed by atoms with Crippen LogP contribution in [0.4, 0.5) is 0 Å². The van der Waals surface area contributed by atoms with E-state index < -0.39 is 11.2 Å². The lowest BCUT2D eigenvalue weighted by atomic mass is 9.68. The van der Waals surface area contributed by atoms with Crippen LogP contribution in [0, 0.1) is 11.3 Å². The fourth-order valence-corrected chi connectivity index (χ4v) is 3.85. The highest BCUT2D eigenvalue weighted by Gasteiger charge is 2.72. The fraction of sp³-hybridized carbons (Fsp3) is 1.00. The van der Waals surface area contributed by atoms with Crippen molar-refractivity contribution in [2.45, 2.75) is 64.4 Å². The summed E-state index contributed by atoms with van der Waals surface area (Å²) in [5, 5.41) is 9.88. The molecule has 1 saturated heterocycles. The maximum absolute atomic E-state index is 7.35. The molecule has 3 heteroatoms. The van der Waals surface area contributed by atoms with E-state index in [1.165, 1.54) is 0 Å². The van der Waals surface area contributed by atoms with Gasteiger partial charge in [0.2, 0.25) is 2.86 Å². The standard InChI is InChI=1S/C12H22O3/c1-7-8-6-10(2,3)12(15-7,9(8)13)11(4,5)14/h7-9,13-14H,6H2,1-5H3/t7-,8?,9-,12?/m0/s1/i13T,14T. The van der Waals surface area contributed by atoms with Crippen molar-refractivity contribution in [3.05, 3.63) is 0 Å². The van der Waals surface area contributed by atoms with E-state index in [-0.39, 0.29) is 23.5 Å². The molecule has 1 heterocycles. The van der Waals surface area contributed by atoms with Crippen LogP contribution in [-0.4, -0.2) is 36.5 Å². The Balaban J connectivity index is 2.52. The molecule has 0 amide bonds. The highest BCUT2D eigenvalue weighted by molar-refractivity contribution is 5.21. The first-order valence-electron chi connectivity index (χ1n) is 6.49. The predicted molar refractivity (Wildman–Crippen MR) is 57.5 cm³/mol. The van der Waals surface area contributed by atoms with E-state index in [1.54, 1.807) is 0 Å². The molecule has 1 aliphatic carbocycles. The van der Waals surface area contributed by atoms with Crippen molar-refractivity contribution in [1.82, 2.24) is 0 Å². The van der Waals surface area contributed by atoms with Gasteiger partial charge in [0, 0.05) is 5.92 Å². The van der Waals surface area contributed by atoms with E-state index in [4.69, 9.17) is 17.8 Å². The summed E-state index contributed by atoms with van der Waals surface area (Å²) in [6.07, 6.45) is 0.658. The number of ether oxygens (including phenoxy) is 1. The minimum Gasteiger partial charge on any atom is -0.390 e. The Morgan fingerprint density at radius 1 is 1.47 bits per heavy atom. The first-order valence-corrected chi connectivity index (χ1v) is 5.67. The van der Waals surface area contributed by atoms with Crippen molar-refractivity contribution < 1.29 is 15.0 Å². The van der Waals surface area contributed by atoms with E-state index in [1.807, 2.05) is 20.8 Å². The summed E-state index contributed by atoms with van der Waals surface area (Å²) in [7, 11) is 0. The molecule has 0 aromatic carbocycles. The van der Waals surface area contributed by atoms with Crippen molar-refractivity contribution in [1.29, 1.82) is 2.86 Å². The molecule has 0 aromatic heterocycles. The molecular weight excluding hydrogens is 192 g/mol. The van der Waals surface area contributed by atoms with Gasteiger partial charge in [-0.15, -0.1) is 0 Å². The minimum absolute atomic E-state index is 0.0489. The summed E-state index contributed by atoms with van der Waals surface area (Å²) in [6.45, 7) is 9.90. The molecule has 4 atom stereocenters. The molecule has 0 spiro atoms. The third-order valence-corrected chi connectivity index (χ3v) is 4.41. The summed E-state index contributed by atoms with van der Waals surface area (Å²) in [5.74, 6) is 0.205. The average Bonchev–Trinajstić information content (AvgIpc) is 2.64. The van der Waals surface area contributed by atoms with Gasteiger partial charge in [-0.1, -0.05) is 13.8 Å². The SMILES string of the molecule is [3H]O[C@H]1C2CC(C)(C)C1(C(C)(C)O[3H])O[C@H]2C.